The maximum atomic E-state index is 12.8. The number of aromatic nitrogens is 1. The molecular formula is C11H14ClFN2O. The van der Waals surface area contributed by atoms with Crippen LogP contribution in [-0.4, -0.2) is 17.4 Å². The van der Waals surface area contributed by atoms with Gasteiger partial charge >= 0.3 is 0 Å². The standard InChI is InChI=1S/C11H14ClFN2O/c1-2-3-4-5-14-11(16)9-6-8(13)7-15-10(9)12/h6-7H,2-5H2,1H3,(H,14,16). The van der Waals surface area contributed by atoms with E-state index in [0.29, 0.717) is 6.54 Å². The molecular weight excluding hydrogens is 231 g/mol. The molecule has 0 atom stereocenters. The lowest BCUT2D eigenvalue weighted by Gasteiger charge is -2.05. The molecule has 1 rings (SSSR count). The Kier molecular flexibility index (Phi) is 5.19. The molecule has 0 radical (unpaired) electrons. The van der Waals surface area contributed by atoms with Crippen molar-refractivity contribution in [3.63, 3.8) is 0 Å². The number of pyridine rings is 1. The summed E-state index contributed by atoms with van der Waals surface area (Å²) in [4.78, 5) is 15.2. The highest BCUT2D eigenvalue weighted by Crippen LogP contribution is 2.13. The fraction of sp³-hybridized carbons (Fsp3) is 0.455. The molecule has 3 nitrogen and oxygen atoms in total. The van der Waals surface area contributed by atoms with Gasteiger partial charge < -0.3 is 5.32 Å². The van der Waals surface area contributed by atoms with Crippen LogP contribution in [0.5, 0.6) is 0 Å². The lowest BCUT2D eigenvalue weighted by molar-refractivity contribution is 0.0952. The Morgan fingerprint density at radius 1 is 1.56 bits per heavy atom. The van der Waals surface area contributed by atoms with Crippen LogP contribution in [0.3, 0.4) is 0 Å². The van der Waals surface area contributed by atoms with E-state index in [1.807, 2.05) is 0 Å². The lowest BCUT2D eigenvalue weighted by Crippen LogP contribution is -2.25. The van der Waals surface area contributed by atoms with Gasteiger partial charge in [-0.05, 0) is 12.5 Å². The Morgan fingerprint density at radius 2 is 2.31 bits per heavy atom. The molecule has 1 amide bonds. The Hall–Kier alpha value is -1.16. The molecule has 1 heterocycles. The number of carbonyl (C=O) groups excluding carboxylic acids is 1. The maximum absolute atomic E-state index is 12.8. The third-order valence-electron chi connectivity index (χ3n) is 2.12. The Bertz CT molecular complexity index is 371. The molecule has 0 aliphatic rings. The molecule has 0 unspecified atom stereocenters. The molecule has 0 saturated carbocycles. The summed E-state index contributed by atoms with van der Waals surface area (Å²) in [6, 6.07) is 1.09. The zero-order valence-electron chi connectivity index (χ0n) is 9.09. The van der Waals surface area contributed by atoms with Crippen molar-refractivity contribution in [2.24, 2.45) is 0 Å². The van der Waals surface area contributed by atoms with Gasteiger partial charge in [-0.3, -0.25) is 4.79 Å². The van der Waals surface area contributed by atoms with Crippen LogP contribution in [0.4, 0.5) is 4.39 Å². The average molecular weight is 245 g/mol. The van der Waals surface area contributed by atoms with E-state index in [1.165, 1.54) is 0 Å². The predicted octanol–water partition coefficient (Wildman–Crippen LogP) is 2.79. The summed E-state index contributed by atoms with van der Waals surface area (Å²) >= 11 is 5.69. The van der Waals surface area contributed by atoms with E-state index >= 15 is 0 Å². The number of rotatable bonds is 5. The summed E-state index contributed by atoms with van der Waals surface area (Å²) in [6.07, 6.45) is 4.02. The molecule has 1 N–H and O–H groups in total. The minimum Gasteiger partial charge on any atom is -0.352 e. The zero-order chi connectivity index (χ0) is 12.0. The highest BCUT2D eigenvalue weighted by atomic mass is 35.5. The number of nitrogens with zero attached hydrogens (tertiary/aromatic N) is 1. The van der Waals surface area contributed by atoms with Crippen molar-refractivity contribution < 1.29 is 9.18 Å². The normalized spacial score (nSPS) is 10.2. The van der Waals surface area contributed by atoms with Gasteiger partial charge in [0, 0.05) is 6.54 Å². The van der Waals surface area contributed by atoms with Crippen molar-refractivity contribution in [2.75, 3.05) is 6.54 Å². The fourth-order valence-electron chi connectivity index (χ4n) is 1.25. The first-order chi connectivity index (χ1) is 7.65. The molecule has 0 aliphatic carbocycles. The van der Waals surface area contributed by atoms with Crippen LogP contribution >= 0.6 is 11.6 Å². The van der Waals surface area contributed by atoms with Crippen molar-refractivity contribution in [3.05, 3.63) is 28.8 Å². The van der Waals surface area contributed by atoms with Gasteiger partial charge in [-0.1, -0.05) is 31.4 Å². The fourth-order valence-corrected chi connectivity index (χ4v) is 1.44. The Balaban J connectivity index is 2.55. The van der Waals surface area contributed by atoms with E-state index in [1.54, 1.807) is 0 Å². The minimum absolute atomic E-state index is 0.0226. The summed E-state index contributed by atoms with van der Waals surface area (Å²) < 4.78 is 12.8. The average Bonchev–Trinajstić information content (AvgIpc) is 2.27. The summed E-state index contributed by atoms with van der Waals surface area (Å²) in [7, 11) is 0. The second-order valence-electron chi connectivity index (χ2n) is 3.45. The number of carbonyl (C=O) groups is 1. The zero-order valence-corrected chi connectivity index (χ0v) is 9.85. The highest BCUT2D eigenvalue weighted by molar-refractivity contribution is 6.32. The highest BCUT2D eigenvalue weighted by Gasteiger charge is 2.11. The van der Waals surface area contributed by atoms with Crippen LogP contribution in [-0.2, 0) is 0 Å². The molecule has 88 valence electrons. The molecule has 5 heteroatoms. The largest absolute Gasteiger partial charge is 0.352 e. The SMILES string of the molecule is CCCCCNC(=O)c1cc(F)cnc1Cl. The third-order valence-corrected chi connectivity index (χ3v) is 2.42. The Labute approximate surface area is 99.0 Å². The number of hydrogen-bond acceptors (Lipinski definition) is 2. The smallest absolute Gasteiger partial charge is 0.254 e. The molecule has 1 aromatic heterocycles. The molecule has 0 spiro atoms. The van der Waals surface area contributed by atoms with E-state index in [0.717, 1.165) is 31.5 Å². The lowest BCUT2D eigenvalue weighted by atomic mass is 10.2. The quantitative estimate of drug-likeness (QED) is 0.639. The number of nitrogens with one attached hydrogen (secondary N) is 1. The summed E-state index contributed by atoms with van der Waals surface area (Å²) in [5, 5.41) is 2.69. The molecule has 1 aromatic rings. The van der Waals surface area contributed by atoms with Crippen LogP contribution in [0.2, 0.25) is 5.15 Å². The second kappa shape index (κ2) is 6.43. The van der Waals surface area contributed by atoms with Crippen molar-refractivity contribution in [1.82, 2.24) is 10.3 Å². The van der Waals surface area contributed by atoms with Gasteiger partial charge in [-0.15, -0.1) is 0 Å². The summed E-state index contributed by atoms with van der Waals surface area (Å²) in [5.74, 6) is -0.948. The van der Waals surface area contributed by atoms with E-state index in [4.69, 9.17) is 11.6 Å². The molecule has 16 heavy (non-hydrogen) atoms. The first-order valence-electron chi connectivity index (χ1n) is 5.24. The van der Waals surface area contributed by atoms with Gasteiger partial charge in [0.1, 0.15) is 11.0 Å². The van der Waals surface area contributed by atoms with Crippen LogP contribution < -0.4 is 5.32 Å². The van der Waals surface area contributed by atoms with Gasteiger partial charge in [0.25, 0.3) is 5.91 Å². The van der Waals surface area contributed by atoms with Crippen molar-refractivity contribution in [3.8, 4) is 0 Å². The van der Waals surface area contributed by atoms with Crippen molar-refractivity contribution >= 4 is 17.5 Å². The first-order valence-corrected chi connectivity index (χ1v) is 5.62. The van der Waals surface area contributed by atoms with E-state index in [-0.39, 0.29) is 16.6 Å². The summed E-state index contributed by atoms with van der Waals surface area (Å²) in [6.45, 7) is 2.65. The predicted molar refractivity (Wildman–Crippen MR) is 61.1 cm³/mol. The third kappa shape index (κ3) is 3.77. The van der Waals surface area contributed by atoms with Gasteiger partial charge in [0.2, 0.25) is 0 Å². The van der Waals surface area contributed by atoms with Crippen molar-refractivity contribution in [2.45, 2.75) is 26.2 Å². The van der Waals surface area contributed by atoms with Crippen LogP contribution in [0.15, 0.2) is 12.3 Å². The monoisotopic (exact) mass is 244 g/mol. The van der Waals surface area contributed by atoms with Crippen LogP contribution in [0.1, 0.15) is 36.5 Å². The molecule has 0 fully saturated rings. The van der Waals surface area contributed by atoms with Crippen molar-refractivity contribution in [1.29, 1.82) is 0 Å². The van der Waals surface area contributed by atoms with Crippen LogP contribution in [0, 0.1) is 5.82 Å². The number of unbranched alkanes of at least 4 members (excludes halogenated alkanes) is 2. The second-order valence-corrected chi connectivity index (χ2v) is 3.81. The van der Waals surface area contributed by atoms with E-state index in [9.17, 15) is 9.18 Å². The number of halogens is 2. The summed E-state index contributed by atoms with van der Waals surface area (Å²) in [5.41, 5.74) is 0.0816. The number of amides is 1. The Morgan fingerprint density at radius 3 is 3.00 bits per heavy atom. The van der Waals surface area contributed by atoms with E-state index in [2.05, 4.69) is 17.2 Å². The molecule has 0 bridgehead atoms. The number of hydrogen-bond donors (Lipinski definition) is 1. The molecule has 0 aliphatic heterocycles. The maximum Gasteiger partial charge on any atom is 0.254 e. The van der Waals surface area contributed by atoms with E-state index < -0.39 is 5.82 Å². The first kappa shape index (κ1) is 12.9. The van der Waals surface area contributed by atoms with Crippen LogP contribution in [0.25, 0.3) is 0 Å². The van der Waals surface area contributed by atoms with Gasteiger partial charge in [-0.25, -0.2) is 9.37 Å². The molecule has 0 aromatic carbocycles. The van der Waals surface area contributed by atoms with Gasteiger partial charge in [0.05, 0.1) is 11.8 Å². The van der Waals surface area contributed by atoms with Gasteiger partial charge in [-0.2, -0.15) is 0 Å². The minimum atomic E-state index is -0.567. The topological polar surface area (TPSA) is 42.0 Å². The van der Waals surface area contributed by atoms with Gasteiger partial charge in [0.15, 0.2) is 0 Å². The molecule has 0 saturated heterocycles.